The number of carbonyl (C=O) groups is 1. The highest BCUT2D eigenvalue weighted by Crippen LogP contribution is 2.27. The van der Waals surface area contributed by atoms with Crippen molar-refractivity contribution in [1.29, 1.82) is 0 Å². The molecule has 3 heterocycles. The minimum absolute atomic E-state index is 0.0682. The fourth-order valence-corrected chi connectivity index (χ4v) is 3.40. The zero-order chi connectivity index (χ0) is 17.9. The Morgan fingerprint density at radius 1 is 1.27 bits per heavy atom. The molecule has 2 saturated heterocycles. The second kappa shape index (κ2) is 7.53. The molecule has 4 rings (SSSR count). The molecule has 0 radical (unpaired) electrons. The number of likely N-dealkylation sites (N-methyl/N-ethyl adjacent to an activating group) is 1. The van der Waals surface area contributed by atoms with E-state index in [1.165, 1.54) is 0 Å². The molecule has 1 amide bonds. The Bertz CT molecular complexity index is 750. The van der Waals surface area contributed by atoms with E-state index in [0.717, 1.165) is 25.2 Å². The van der Waals surface area contributed by atoms with Crippen molar-refractivity contribution in [3.8, 4) is 0 Å². The van der Waals surface area contributed by atoms with Gasteiger partial charge in [0.05, 0.1) is 12.6 Å². The third-order valence-electron chi connectivity index (χ3n) is 4.95. The number of aromatic nitrogens is 2. The standard InChI is InChI=1S/C18H23N5O3/c1-22-8-7-19-9-14(22)17-20-18(26-21-17)15-11-25-12-16(24)23(15)10-13-5-3-2-4-6-13/h2-6,14-15,19H,7-12H2,1H3/t14?,15-/m1/s1. The van der Waals surface area contributed by atoms with Crippen LogP contribution in [0, 0.1) is 0 Å². The topological polar surface area (TPSA) is 83.7 Å². The lowest BCUT2D eigenvalue weighted by Crippen LogP contribution is -2.44. The Hall–Kier alpha value is -2.29. The fraction of sp³-hybridized carbons (Fsp3) is 0.500. The zero-order valence-electron chi connectivity index (χ0n) is 14.8. The quantitative estimate of drug-likeness (QED) is 0.864. The Morgan fingerprint density at radius 3 is 2.92 bits per heavy atom. The van der Waals surface area contributed by atoms with Gasteiger partial charge in [0.15, 0.2) is 5.82 Å². The normalized spacial score (nSPS) is 24.8. The summed E-state index contributed by atoms with van der Waals surface area (Å²) in [6, 6.07) is 9.60. The Balaban J connectivity index is 1.55. The monoisotopic (exact) mass is 357 g/mol. The minimum atomic E-state index is -0.362. The van der Waals surface area contributed by atoms with Crippen LogP contribution in [0.25, 0.3) is 0 Å². The van der Waals surface area contributed by atoms with Crippen LogP contribution >= 0.6 is 0 Å². The summed E-state index contributed by atoms with van der Waals surface area (Å²) in [5, 5.41) is 7.52. The highest BCUT2D eigenvalue weighted by atomic mass is 16.5. The van der Waals surface area contributed by atoms with E-state index >= 15 is 0 Å². The summed E-state index contributed by atoms with van der Waals surface area (Å²) in [6.07, 6.45) is 0. The van der Waals surface area contributed by atoms with E-state index < -0.39 is 0 Å². The van der Waals surface area contributed by atoms with Crippen molar-refractivity contribution in [2.45, 2.75) is 18.6 Å². The molecule has 26 heavy (non-hydrogen) atoms. The fourth-order valence-electron chi connectivity index (χ4n) is 3.40. The summed E-state index contributed by atoms with van der Waals surface area (Å²) in [5.74, 6) is 1.01. The van der Waals surface area contributed by atoms with E-state index in [1.807, 2.05) is 30.3 Å². The average molecular weight is 357 g/mol. The summed E-state index contributed by atoms with van der Waals surface area (Å²) in [6.45, 7) is 3.60. The van der Waals surface area contributed by atoms with Gasteiger partial charge in [0.25, 0.3) is 5.89 Å². The lowest BCUT2D eigenvalue weighted by molar-refractivity contribution is -0.150. The molecule has 0 bridgehead atoms. The minimum Gasteiger partial charge on any atom is -0.369 e. The summed E-state index contributed by atoms with van der Waals surface area (Å²) in [5.41, 5.74) is 1.06. The molecule has 0 aliphatic carbocycles. The number of rotatable bonds is 4. The van der Waals surface area contributed by atoms with Crippen LogP contribution in [0.15, 0.2) is 34.9 Å². The molecule has 0 saturated carbocycles. The Labute approximate surface area is 152 Å². The number of piperazine rings is 1. The second-order valence-corrected chi connectivity index (χ2v) is 6.73. The number of hydrogen-bond acceptors (Lipinski definition) is 7. The van der Waals surface area contributed by atoms with Crippen LogP contribution in [0.4, 0.5) is 0 Å². The highest BCUT2D eigenvalue weighted by Gasteiger charge is 2.35. The second-order valence-electron chi connectivity index (χ2n) is 6.73. The Kier molecular flexibility index (Phi) is 4.96. The summed E-state index contributed by atoms with van der Waals surface area (Å²) in [7, 11) is 2.05. The maximum atomic E-state index is 12.4. The first-order valence-electron chi connectivity index (χ1n) is 8.88. The predicted octanol–water partition coefficient (Wildman–Crippen LogP) is 0.746. The molecule has 1 aromatic heterocycles. The van der Waals surface area contributed by atoms with Gasteiger partial charge in [-0.25, -0.2) is 0 Å². The van der Waals surface area contributed by atoms with Crippen molar-refractivity contribution < 1.29 is 14.1 Å². The van der Waals surface area contributed by atoms with Crippen LogP contribution in [-0.2, 0) is 16.1 Å². The first kappa shape index (κ1) is 17.1. The van der Waals surface area contributed by atoms with Crippen LogP contribution in [0.1, 0.15) is 29.4 Å². The lowest BCUT2D eigenvalue weighted by Gasteiger charge is -2.33. The highest BCUT2D eigenvalue weighted by molar-refractivity contribution is 5.78. The number of nitrogens with one attached hydrogen (secondary N) is 1. The van der Waals surface area contributed by atoms with E-state index in [4.69, 9.17) is 9.26 Å². The third-order valence-corrected chi connectivity index (χ3v) is 4.95. The lowest BCUT2D eigenvalue weighted by atomic mass is 10.1. The zero-order valence-corrected chi connectivity index (χ0v) is 14.8. The van der Waals surface area contributed by atoms with E-state index in [9.17, 15) is 4.79 Å². The Morgan fingerprint density at radius 2 is 2.12 bits per heavy atom. The number of carbonyl (C=O) groups excluding carboxylic acids is 1. The molecule has 8 nitrogen and oxygen atoms in total. The molecular weight excluding hydrogens is 334 g/mol. The number of hydrogen-bond donors (Lipinski definition) is 1. The van der Waals surface area contributed by atoms with Gasteiger partial charge in [0.2, 0.25) is 5.91 Å². The number of amides is 1. The van der Waals surface area contributed by atoms with Crippen molar-refractivity contribution in [3.63, 3.8) is 0 Å². The number of benzene rings is 1. The van der Waals surface area contributed by atoms with Crippen LogP contribution in [0.5, 0.6) is 0 Å². The molecule has 2 aromatic rings. The van der Waals surface area contributed by atoms with Gasteiger partial charge in [-0.15, -0.1) is 0 Å². The maximum Gasteiger partial charge on any atom is 0.251 e. The van der Waals surface area contributed by atoms with Crippen molar-refractivity contribution >= 4 is 5.91 Å². The van der Waals surface area contributed by atoms with Crippen LogP contribution < -0.4 is 5.32 Å². The molecule has 8 heteroatoms. The van der Waals surface area contributed by atoms with Gasteiger partial charge in [-0.2, -0.15) is 4.98 Å². The predicted molar refractivity (Wildman–Crippen MR) is 93.1 cm³/mol. The first-order chi connectivity index (χ1) is 12.7. The van der Waals surface area contributed by atoms with Crippen molar-refractivity contribution in [3.05, 3.63) is 47.6 Å². The summed E-state index contributed by atoms with van der Waals surface area (Å²) >= 11 is 0. The van der Waals surface area contributed by atoms with E-state index in [-0.39, 0.29) is 24.6 Å². The molecule has 1 unspecified atom stereocenters. The molecule has 2 atom stereocenters. The summed E-state index contributed by atoms with van der Waals surface area (Å²) < 4.78 is 11.0. The molecule has 1 aromatic carbocycles. The van der Waals surface area contributed by atoms with Gasteiger partial charge in [0, 0.05) is 26.2 Å². The molecular formula is C18H23N5O3. The van der Waals surface area contributed by atoms with Gasteiger partial charge in [0.1, 0.15) is 12.6 Å². The van der Waals surface area contributed by atoms with Crippen molar-refractivity contribution in [2.24, 2.45) is 0 Å². The molecule has 0 spiro atoms. The number of nitrogens with zero attached hydrogens (tertiary/aromatic N) is 4. The molecule has 2 aliphatic rings. The molecule has 1 N–H and O–H groups in total. The van der Waals surface area contributed by atoms with Crippen LogP contribution in [0.2, 0.25) is 0 Å². The smallest absolute Gasteiger partial charge is 0.251 e. The van der Waals surface area contributed by atoms with Gasteiger partial charge >= 0.3 is 0 Å². The number of ether oxygens (including phenoxy) is 1. The largest absolute Gasteiger partial charge is 0.369 e. The molecule has 2 aliphatic heterocycles. The summed E-state index contributed by atoms with van der Waals surface area (Å²) in [4.78, 5) is 21.0. The van der Waals surface area contributed by atoms with E-state index in [1.54, 1.807) is 4.90 Å². The van der Waals surface area contributed by atoms with Crippen molar-refractivity contribution in [2.75, 3.05) is 39.9 Å². The van der Waals surface area contributed by atoms with Gasteiger partial charge < -0.3 is 19.5 Å². The maximum absolute atomic E-state index is 12.4. The first-order valence-corrected chi connectivity index (χ1v) is 8.88. The molecule has 138 valence electrons. The third kappa shape index (κ3) is 3.48. The van der Waals surface area contributed by atoms with Gasteiger partial charge in [-0.05, 0) is 12.6 Å². The SMILES string of the molecule is CN1CCNCC1c1noc([C@H]2COCC(=O)N2Cc2ccccc2)n1. The van der Waals surface area contributed by atoms with Gasteiger partial charge in [-0.1, -0.05) is 35.5 Å². The van der Waals surface area contributed by atoms with E-state index in [0.29, 0.717) is 24.9 Å². The van der Waals surface area contributed by atoms with Crippen molar-refractivity contribution in [1.82, 2.24) is 25.3 Å². The number of morpholine rings is 1. The molecule has 2 fully saturated rings. The van der Waals surface area contributed by atoms with Crippen LogP contribution in [0.3, 0.4) is 0 Å². The average Bonchev–Trinajstić information content (AvgIpc) is 3.14. The van der Waals surface area contributed by atoms with Crippen LogP contribution in [-0.4, -0.2) is 65.7 Å². The van der Waals surface area contributed by atoms with E-state index in [2.05, 4.69) is 27.4 Å². The van der Waals surface area contributed by atoms with Gasteiger partial charge in [-0.3, -0.25) is 9.69 Å².